The van der Waals surface area contributed by atoms with Crippen molar-refractivity contribution in [1.29, 1.82) is 0 Å². The molecule has 1 amide bonds. The number of rotatable bonds is 4. The molecular formula is C20H18N4O2. The van der Waals surface area contributed by atoms with E-state index in [-0.39, 0.29) is 5.91 Å². The highest BCUT2D eigenvalue weighted by atomic mass is 16.5. The second kappa shape index (κ2) is 6.84. The van der Waals surface area contributed by atoms with Gasteiger partial charge in [0, 0.05) is 24.0 Å². The molecule has 1 N–H and O–H groups in total. The van der Waals surface area contributed by atoms with Gasteiger partial charge in [-0.1, -0.05) is 24.3 Å². The zero-order chi connectivity index (χ0) is 17.9. The minimum Gasteiger partial charge on any atom is -0.497 e. The maximum absolute atomic E-state index is 12.7. The van der Waals surface area contributed by atoms with Crippen molar-refractivity contribution < 1.29 is 9.53 Å². The predicted molar refractivity (Wildman–Crippen MR) is 100 cm³/mol. The fraction of sp³-hybridized carbons (Fsp3) is 0.150. The van der Waals surface area contributed by atoms with E-state index in [1.165, 1.54) is 11.8 Å². The highest BCUT2D eigenvalue weighted by Crippen LogP contribution is 2.28. The van der Waals surface area contributed by atoms with E-state index in [9.17, 15) is 4.79 Å². The fourth-order valence-electron chi connectivity index (χ4n) is 3.04. The molecule has 4 rings (SSSR count). The molecule has 6 nitrogen and oxygen atoms in total. The van der Waals surface area contributed by atoms with Gasteiger partial charge < -0.3 is 15.0 Å². The van der Waals surface area contributed by atoms with Gasteiger partial charge in [-0.3, -0.25) is 4.79 Å². The molecule has 2 heterocycles. The average molecular weight is 346 g/mol. The number of hydrogen-bond donors (Lipinski definition) is 1. The Hall–Kier alpha value is -3.41. The van der Waals surface area contributed by atoms with Crippen LogP contribution in [0.5, 0.6) is 5.75 Å². The molecule has 0 saturated carbocycles. The van der Waals surface area contributed by atoms with Gasteiger partial charge in [-0.15, -0.1) is 0 Å². The summed E-state index contributed by atoms with van der Waals surface area (Å²) in [6.07, 6.45) is 3.94. The van der Waals surface area contributed by atoms with E-state index in [4.69, 9.17) is 4.74 Å². The van der Waals surface area contributed by atoms with Crippen molar-refractivity contribution in [2.75, 3.05) is 23.9 Å². The fourth-order valence-corrected chi connectivity index (χ4v) is 3.04. The standard InChI is InChI=1S/C20H18N4O2/c1-26-16-7-4-6-15(11-16)23-19-13-21-17(12-22-19)20(25)24-10-9-14-5-2-3-8-18(14)24/h2-8,11-13H,9-10H2,1H3,(H,22,23). The number of ether oxygens (including phenoxy) is 1. The van der Waals surface area contributed by atoms with E-state index in [1.807, 2.05) is 42.5 Å². The molecule has 0 fully saturated rings. The Bertz CT molecular complexity index is 941. The Morgan fingerprint density at radius 3 is 2.81 bits per heavy atom. The topological polar surface area (TPSA) is 67.3 Å². The number of aromatic nitrogens is 2. The van der Waals surface area contributed by atoms with Gasteiger partial charge in [0.15, 0.2) is 0 Å². The monoisotopic (exact) mass is 346 g/mol. The van der Waals surface area contributed by atoms with Crippen LogP contribution < -0.4 is 15.0 Å². The van der Waals surface area contributed by atoms with Gasteiger partial charge in [-0.25, -0.2) is 9.97 Å². The first-order valence-electron chi connectivity index (χ1n) is 8.37. The summed E-state index contributed by atoms with van der Waals surface area (Å²) < 4.78 is 5.20. The Morgan fingerprint density at radius 1 is 1.12 bits per heavy atom. The Kier molecular flexibility index (Phi) is 4.23. The number of fused-ring (bicyclic) bond motifs is 1. The molecule has 0 bridgehead atoms. The lowest BCUT2D eigenvalue weighted by Gasteiger charge is -2.16. The summed E-state index contributed by atoms with van der Waals surface area (Å²) in [6, 6.07) is 15.5. The summed E-state index contributed by atoms with van der Waals surface area (Å²) in [5.74, 6) is 1.19. The summed E-state index contributed by atoms with van der Waals surface area (Å²) in [6.45, 7) is 0.670. The molecule has 0 unspecified atom stereocenters. The molecule has 26 heavy (non-hydrogen) atoms. The number of carbonyl (C=O) groups excluding carboxylic acids is 1. The quantitative estimate of drug-likeness (QED) is 0.784. The summed E-state index contributed by atoms with van der Waals surface area (Å²) in [5, 5.41) is 3.15. The molecule has 0 atom stereocenters. The van der Waals surface area contributed by atoms with E-state index in [2.05, 4.69) is 21.4 Å². The van der Waals surface area contributed by atoms with Gasteiger partial charge in [-0.05, 0) is 30.2 Å². The van der Waals surface area contributed by atoms with Crippen molar-refractivity contribution in [3.8, 4) is 5.75 Å². The first kappa shape index (κ1) is 16.1. The van der Waals surface area contributed by atoms with Crippen LogP contribution in [0.1, 0.15) is 16.1 Å². The molecule has 2 aromatic carbocycles. The van der Waals surface area contributed by atoms with Crippen molar-refractivity contribution >= 4 is 23.1 Å². The molecular weight excluding hydrogens is 328 g/mol. The number of carbonyl (C=O) groups is 1. The second-order valence-corrected chi connectivity index (χ2v) is 5.98. The SMILES string of the molecule is COc1cccc(Nc2cnc(C(=O)N3CCc4ccccc43)cn2)c1. The zero-order valence-electron chi connectivity index (χ0n) is 14.3. The largest absolute Gasteiger partial charge is 0.497 e. The molecule has 3 aromatic rings. The van der Waals surface area contributed by atoms with Crippen LogP contribution in [-0.4, -0.2) is 29.5 Å². The van der Waals surface area contributed by atoms with E-state index >= 15 is 0 Å². The van der Waals surface area contributed by atoms with E-state index in [0.717, 1.165) is 23.5 Å². The molecule has 1 aromatic heterocycles. The lowest BCUT2D eigenvalue weighted by molar-refractivity contribution is 0.0984. The van der Waals surface area contributed by atoms with Gasteiger partial charge in [0.1, 0.15) is 17.3 Å². The Morgan fingerprint density at radius 2 is 2.00 bits per heavy atom. The molecule has 130 valence electrons. The van der Waals surface area contributed by atoms with Gasteiger partial charge >= 0.3 is 0 Å². The van der Waals surface area contributed by atoms with E-state index in [0.29, 0.717) is 18.1 Å². The van der Waals surface area contributed by atoms with Crippen LogP contribution in [0.3, 0.4) is 0 Å². The maximum Gasteiger partial charge on any atom is 0.278 e. The third kappa shape index (κ3) is 3.09. The van der Waals surface area contributed by atoms with Gasteiger partial charge in [0.2, 0.25) is 0 Å². The Balaban J connectivity index is 1.50. The van der Waals surface area contributed by atoms with Crippen LogP contribution in [0, 0.1) is 0 Å². The first-order chi connectivity index (χ1) is 12.7. The van der Waals surface area contributed by atoms with Crippen LogP contribution in [0.15, 0.2) is 60.9 Å². The minimum absolute atomic E-state index is 0.129. The third-order valence-corrected chi connectivity index (χ3v) is 4.35. The lowest BCUT2D eigenvalue weighted by Crippen LogP contribution is -2.29. The second-order valence-electron chi connectivity index (χ2n) is 5.98. The summed E-state index contributed by atoms with van der Waals surface area (Å²) in [5.41, 5.74) is 3.31. The normalized spacial score (nSPS) is 12.6. The van der Waals surface area contributed by atoms with Crippen molar-refractivity contribution in [3.05, 3.63) is 72.2 Å². The first-order valence-corrected chi connectivity index (χ1v) is 8.37. The molecule has 0 spiro atoms. The molecule has 0 radical (unpaired) electrons. The van der Waals surface area contributed by atoms with Crippen LogP contribution in [0.4, 0.5) is 17.2 Å². The van der Waals surface area contributed by atoms with Crippen molar-refractivity contribution in [3.63, 3.8) is 0 Å². The van der Waals surface area contributed by atoms with Gasteiger partial charge in [0.25, 0.3) is 5.91 Å². The summed E-state index contributed by atoms with van der Waals surface area (Å²) >= 11 is 0. The maximum atomic E-state index is 12.7. The zero-order valence-corrected chi connectivity index (χ0v) is 14.3. The number of methoxy groups -OCH3 is 1. The summed E-state index contributed by atoms with van der Waals surface area (Å²) in [4.78, 5) is 23.1. The molecule has 1 aliphatic heterocycles. The van der Waals surface area contributed by atoms with Crippen molar-refractivity contribution in [1.82, 2.24) is 9.97 Å². The average Bonchev–Trinajstić information content (AvgIpc) is 3.12. The number of nitrogens with zero attached hydrogens (tertiary/aromatic N) is 3. The number of nitrogens with one attached hydrogen (secondary N) is 1. The number of anilines is 3. The van der Waals surface area contributed by atoms with Crippen molar-refractivity contribution in [2.45, 2.75) is 6.42 Å². The Labute approximate surface area is 151 Å². The van der Waals surface area contributed by atoms with Crippen molar-refractivity contribution in [2.24, 2.45) is 0 Å². The van der Waals surface area contributed by atoms with Crippen LogP contribution >= 0.6 is 0 Å². The number of hydrogen-bond acceptors (Lipinski definition) is 5. The van der Waals surface area contributed by atoms with Crippen LogP contribution in [0.2, 0.25) is 0 Å². The third-order valence-electron chi connectivity index (χ3n) is 4.35. The molecule has 0 saturated heterocycles. The van der Waals surface area contributed by atoms with E-state index in [1.54, 1.807) is 18.2 Å². The van der Waals surface area contributed by atoms with Gasteiger partial charge in [0.05, 0.1) is 19.5 Å². The predicted octanol–water partition coefficient (Wildman–Crippen LogP) is 3.43. The summed E-state index contributed by atoms with van der Waals surface area (Å²) in [7, 11) is 1.62. The minimum atomic E-state index is -0.129. The highest BCUT2D eigenvalue weighted by molar-refractivity contribution is 6.05. The van der Waals surface area contributed by atoms with Gasteiger partial charge in [-0.2, -0.15) is 0 Å². The highest BCUT2D eigenvalue weighted by Gasteiger charge is 2.26. The van der Waals surface area contributed by atoms with E-state index < -0.39 is 0 Å². The lowest BCUT2D eigenvalue weighted by atomic mass is 10.2. The molecule has 0 aliphatic carbocycles. The van der Waals surface area contributed by atoms with Crippen LogP contribution in [-0.2, 0) is 6.42 Å². The molecule has 6 heteroatoms. The van der Waals surface area contributed by atoms with Crippen LogP contribution in [0.25, 0.3) is 0 Å². The number of amides is 1. The number of para-hydroxylation sites is 1. The smallest absolute Gasteiger partial charge is 0.278 e. The molecule has 1 aliphatic rings. The number of benzene rings is 2.